The van der Waals surface area contributed by atoms with Gasteiger partial charge in [-0.1, -0.05) is 0 Å². The Hall–Kier alpha value is -1.83. The minimum absolute atomic E-state index is 0.0917. The van der Waals surface area contributed by atoms with Crippen LogP contribution in [0.15, 0.2) is 4.42 Å². The van der Waals surface area contributed by atoms with Crippen molar-refractivity contribution in [1.82, 2.24) is 10.3 Å². The zero-order valence-electron chi connectivity index (χ0n) is 6.71. The van der Waals surface area contributed by atoms with Crippen LogP contribution < -0.4 is 5.32 Å². The third-order valence-electron chi connectivity index (χ3n) is 1.28. The molecule has 1 amide bonds. The lowest BCUT2D eigenvalue weighted by Crippen LogP contribution is -2.17. The van der Waals surface area contributed by atoms with Crippen LogP contribution in [-0.4, -0.2) is 10.9 Å². The van der Waals surface area contributed by atoms with Gasteiger partial charge in [0.1, 0.15) is 0 Å². The van der Waals surface area contributed by atoms with Crippen LogP contribution in [0.1, 0.15) is 22.1 Å². The van der Waals surface area contributed by atoms with Crippen molar-refractivity contribution in [2.75, 3.05) is 0 Å². The summed E-state index contributed by atoms with van der Waals surface area (Å²) in [6, 6.07) is 0. The van der Waals surface area contributed by atoms with Crippen molar-refractivity contribution in [1.29, 1.82) is 5.26 Å². The van der Waals surface area contributed by atoms with Gasteiger partial charge in [0.15, 0.2) is 12.1 Å². The summed E-state index contributed by atoms with van der Waals surface area (Å²) in [6.07, 6.45) is 1.52. The number of carbonyl (C=O) groups excluding carboxylic acids is 1. The second-order valence-electron chi connectivity index (χ2n) is 2.21. The van der Waals surface area contributed by atoms with Gasteiger partial charge < -0.3 is 4.42 Å². The first-order chi connectivity index (χ1) is 5.65. The van der Waals surface area contributed by atoms with E-state index < -0.39 is 5.91 Å². The van der Waals surface area contributed by atoms with Gasteiger partial charge in [-0.3, -0.25) is 10.1 Å². The van der Waals surface area contributed by atoms with E-state index in [1.807, 2.05) is 5.32 Å². The fraction of sp³-hybridized carbons (Fsp3) is 0.286. The number of aryl methyl sites for hydroxylation is 2. The fourth-order valence-electron chi connectivity index (χ4n) is 0.850. The van der Waals surface area contributed by atoms with Crippen molar-refractivity contribution in [2.24, 2.45) is 0 Å². The van der Waals surface area contributed by atoms with Crippen LogP contribution in [0.4, 0.5) is 0 Å². The zero-order valence-corrected chi connectivity index (χ0v) is 6.71. The van der Waals surface area contributed by atoms with Crippen molar-refractivity contribution in [2.45, 2.75) is 13.8 Å². The largest absolute Gasteiger partial charge is 0.436 e. The first-order valence-corrected chi connectivity index (χ1v) is 3.28. The molecule has 0 saturated heterocycles. The SMILES string of the molecule is Cc1nc(C)c(C(=O)NC#N)o1. The van der Waals surface area contributed by atoms with E-state index in [2.05, 4.69) is 4.98 Å². The van der Waals surface area contributed by atoms with Gasteiger partial charge in [-0.15, -0.1) is 0 Å². The van der Waals surface area contributed by atoms with Gasteiger partial charge in [-0.2, -0.15) is 5.26 Å². The number of amides is 1. The highest BCUT2D eigenvalue weighted by Gasteiger charge is 2.14. The van der Waals surface area contributed by atoms with Gasteiger partial charge in [0.2, 0.25) is 5.76 Å². The Morgan fingerprint density at radius 1 is 1.67 bits per heavy atom. The molecule has 5 heteroatoms. The van der Waals surface area contributed by atoms with E-state index >= 15 is 0 Å². The maximum Gasteiger partial charge on any atom is 0.301 e. The van der Waals surface area contributed by atoms with E-state index in [0.717, 1.165) is 0 Å². The van der Waals surface area contributed by atoms with Crippen LogP contribution in [0, 0.1) is 25.3 Å². The highest BCUT2D eigenvalue weighted by molar-refractivity contribution is 5.93. The van der Waals surface area contributed by atoms with Gasteiger partial charge in [-0.25, -0.2) is 4.98 Å². The Morgan fingerprint density at radius 2 is 2.33 bits per heavy atom. The number of carbonyl (C=O) groups is 1. The summed E-state index contributed by atoms with van der Waals surface area (Å²) in [6.45, 7) is 3.28. The van der Waals surface area contributed by atoms with Gasteiger partial charge in [0, 0.05) is 6.92 Å². The van der Waals surface area contributed by atoms with E-state index in [-0.39, 0.29) is 5.76 Å². The van der Waals surface area contributed by atoms with Crippen LogP contribution in [0.5, 0.6) is 0 Å². The number of rotatable bonds is 1. The Balaban J connectivity index is 2.96. The van der Waals surface area contributed by atoms with E-state index in [0.29, 0.717) is 11.6 Å². The number of nitrogens with zero attached hydrogens (tertiary/aromatic N) is 2. The summed E-state index contributed by atoms with van der Waals surface area (Å²) in [4.78, 5) is 14.9. The van der Waals surface area contributed by atoms with Crippen LogP contribution >= 0.6 is 0 Å². The molecule has 0 atom stereocenters. The minimum Gasteiger partial charge on any atom is -0.436 e. The third-order valence-corrected chi connectivity index (χ3v) is 1.28. The Morgan fingerprint density at radius 3 is 2.75 bits per heavy atom. The molecule has 62 valence electrons. The Bertz CT molecular complexity index is 348. The standard InChI is InChI=1S/C7H7N3O2/c1-4-6(7(11)9-3-8)12-5(2)10-4/h1-2H3,(H,9,11). The molecule has 5 nitrogen and oxygen atoms in total. The van der Waals surface area contributed by atoms with Crippen LogP contribution in [-0.2, 0) is 0 Å². The predicted molar refractivity (Wildman–Crippen MR) is 39.1 cm³/mol. The van der Waals surface area contributed by atoms with E-state index in [4.69, 9.17) is 9.68 Å². The molecule has 12 heavy (non-hydrogen) atoms. The molecule has 0 unspecified atom stereocenters. The lowest BCUT2D eigenvalue weighted by molar-refractivity contribution is 0.0943. The molecule has 0 radical (unpaired) electrons. The number of hydrogen-bond donors (Lipinski definition) is 1. The molecule has 0 spiro atoms. The van der Waals surface area contributed by atoms with Gasteiger partial charge in [0.05, 0.1) is 5.69 Å². The minimum atomic E-state index is -0.560. The summed E-state index contributed by atoms with van der Waals surface area (Å²) in [5.41, 5.74) is 0.486. The summed E-state index contributed by atoms with van der Waals surface area (Å²) in [5, 5.41) is 10.1. The average molecular weight is 165 g/mol. The first-order valence-electron chi connectivity index (χ1n) is 3.28. The molecule has 0 fully saturated rings. The lowest BCUT2D eigenvalue weighted by Gasteiger charge is -1.90. The maximum absolute atomic E-state index is 11.0. The monoisotopic (exact) mass is 165 g/mol. The summed E-state index contributed by atoms with van der Waals surface area (Å²) in [5.74, 6) is -0.0553. The molecule has 1 heterocycles. The topological polar surface area (TPSA) is 78.9 Å². The number of aromatic nitrogens is 1. The number of hydrogen-bond acceptors (Lipinski definition) is 4. The Labute approximate surface area is 69.0 Å². The predicted octanol–water partition coefficient (Wildman–Crippen LogP) is 0.502. The molecule has 0 aliphatic carbocycles. The molecule has 0 saturated carbocycles. The molecule has 1 rings (SSSR count). The molecule has 0 aliphatic heterocycles. The third kappa shape index (κ3) is 1.42. The fourth-order valence-corrected chi connectivity index (χ4v) is 0.850. The molecule has 0 aromatic carbocycles. The summed E-state index contributed by atoms with van der Waals surface area (Å²) < 4.78 is 4.95. The van der Waals surface area contributed by atoms with Crippen molar-refractivity contribution in [3.63, 3.8) is 0 Å². The Kier molecular flexibility index (Phi) is 2.10. The highest BCUT2D eigenvalue weighted by atomic mass is 16.4. The van der Waals surface area contributed by atoms with Gasteiger partial charge >= 0.3 is 5.91 Å². The second-order valence-corrected chi connectivity index (χ2v) is 2.21. The average Bonchev–Trinajstić information content (AvgIpc) is 2.30. The molecular formula is C7H7N3O2. The quantitative estimate of drug-likeness (QED) is 0.485. The van der Waals surface area contributed by atoms with Crippen molar-refractivity contribution >= 4 is 5.91 Å². The van der Waals surface area contributed by atoms with Crippen LogP contribution in [0.3, 0.4) is 0 Å². The summed E-state index contributed by atoms with van der Waals surface area (Å²) >= 11 is 0. The smallest absolute Gasteiger partial charge is 0.301 e. The van der Waals surface area contributed by atoms with E-state index in [9.17, 15) is 4.79 Å². The van der Waals surface area contributed by atoms with Crippen molar-refractivity contribution in [3.8, 4) is 6.19 Å². The first kappa shape index (κ1) is 8.27. The molecule has 0 bridgehead atoms. The zero-order chi connectivity index (χ0) is 9.14. The van der Waals surface area contributed by atoms with Gasteiger partial charge in [-0.05, 0) is 6.92 Å². The number of nitrogens with one attached hydrogen (secondary N) is 1. The molecule has 1 aromatic rings. The molecule has 1 aromatic heterocycles. The molecular weight excluding hydrogens is 158 g/mol. The lowest BCUT2D eigenvalue weighted by atomic mass is 10.3. The maximum atomic E-state index is 11.0. The van der Waals surface area contributed by atoms with Crippen molar-refractivity contribution < 1.29 is 9.21 Å². The number of oxazole rings is 1. The second kappa shape index (κ2) is 3.05. The highest BCUT2D eigenvalue weighted by Crippen LogP contribution is 2.08. The van der Waals surface area contributed by atoms with Crippen LogP contribution in [0.2, 0.25) is 0 Å². The number of nitriles is 1. The van der Waals surface area contributed by atoms with Crippen LogP contribution in [0.25, 0.3) is 0 Å². The molecule has 1 N–H and O–H groups in total. The van der Waals surface area contributed by atoms with Crippen molar-refractivity contribution in [3.05, 3.63) is 17.3 Å². The summed E-state index contributed by atoms with van der Waals surface area (Å²) in [7, 11) is 0. The van der Waals surface area contributed by atoms with E-state index in [1.54, 1.807) is 13.8 Å². The molecule has 0 aliphatic rings. The normalized spacial score (nSPS) is 9.08. The van der Waals surface area contributed by atoms with E-state index in [1.165, 1.54) is 6.19 Å². The van der Waals surface area contributed by atoms with Gasteiger partial charge in [0.25, 0.3) is 0 Å².